The Kier molecular flexibility index (Phi) is 3.86. The fraction of sp³-hybridized carbons (Fsp3) is 1.00. The van der Waals surface area contributed by atoms with Gasteiger partial charge >= 0.3 is 0 Å². The molecule has 1 heterocycles. The van der Waals surface area contributed by atoms with Crippen LogP contribution in [0.3, 0.4) is 0 Å². The lowest BCUT2D eigenvalue weighted by Gasteiger charge is -2.41. The van der Waals surface area contributed by atoms with E-state index in [0.717, 1.165) is 0 Å². The molecule has 0 spiro atoms. The molecule has 4 N–H and O–H groups in total. The number of aliphatic hydroxyl groups excluding tert-OH is 4. The van der Waals surface area contributed by atoms with Gasteiger partial charge in [-0.25, -0.2) is 0 Å². The molecular weight excluding hydrogens is 188 g/mol. The van der Waals surface area contributed by atoms with Gasteiger partial charge in [-0.15, -0.1) is 0 Å². The first-order chi connectivity index (χ1) is 6.49. The summed E-state index contributed by atoms with van der Waals surface area (Å²) in [5.74, 6) is 0.0150. The van der Waals surface area contributed by atoms with Gasteiger partial charge in [0.05, 0.1) is 12.7 Å². The Balaban J connectivity index is 2.73. The summed E-state index contributed by atoms with van der Waals surface area (Å²) in [5, 5.41) is 37.4. The van der Waals surface area contributed by atoms with Gasteiger partial charge in [0.15, 0.2) is 0 Å². The zero-order valence-corrected chi connectivity index (χ0v) is 8.37. The van der Waals surface area contributed by atoms with Gasteiger partial charge in [-0.1, -0.05) is 13.8 Å². The summed E-state index contributed by atoms with van der Waals surface area (Å²) in [6.45, 7) is 3.31. The number of hydrogen-bond acceptors (Lipinski definition) is 5. The van der Waals surface area contributed by atoms with E-state index in [2.05, 4.69) is 0 Å². The highest BCUT2D eigenvalue weighted by Crippen LogP contribution is 2.25. The van der Waals surface area contributed by atoms with Crippen molar-refractivity contribution in [1.82, 2.24) is 0 Å². The van der Waals surface area contributed by atoms with Crippen LogP contribution < -0.4 is 0 Å². The second-order valence-corrected chi connectivity index (χ2v) is 4.04. The SMILES string of the molecule is CC(C)C1O[C@H](CO)[C@@H](O)C(O)[C@H]1O. The molecule has 0 aromatic rings. The van der Waals surface area contributed by atoms with Crippen LogP contribution in [-0.4, -0.2) is 57.6 Å². The Morgan fingerprint density at radius 1 is 1.07 bits per heavy atom. The van der Waals surface area contributed by atoms with Crippen molar-refractivity contribution in [1.29, 1.82) is 0 Å². The van der Waals surface area contributed by atoms with Crippen LogP contribution in [0, 0.1) is 5.92 Å². The van der Waals surface area contributed by atoms with Crippen molar-refractivity contribution >= 4 is 0 Å². The van der Waals surface area contributed by atoms with E-state index in [1.807, 2.05) is 13.8 Å². The van der Waals surface area contributed by atoms with Crippen molar-refractivity contribution in [3.8, 4) is 0 Å². The Morgan fingerprint density at radius 3 is 2.07 bits per heavy atom. The van der Waals surface area contributed by atoms with Crippen molar-refractivity contribution in [2.45, 2.75) is 44.4 Å². The summed E-state index contributed by atoms with van der Waals surface area (Å²) < 4.78 is 5.28. The normalized spacial score (nSPS) is 44.4. The summed E-state index contributed by atoms with van der Waals surface area (Å²) in [6, 6.07) is 0. The van der Waals surface area contributed by atoms with Crippen LogP contribution in [0.2, 0.25) is 0 Å². The predicted molar refractivity (Wildman–Crippen MR) is 48.6 cm³/mol. The lowest BCUT2D eigenvalue weighted by Crippen LogP contribution is -2.59. The first-order valence-corrected chi connectivity index (χ1v) is 4.79. The minimum absolute atomic E-state index is 0.0150. The van der Waals surface area contributed by atoms with Gasteiger partial charge in [-0.2, -0.15) is 0 Å². The zero-order chi connectivity index (χ0) is 10.9. The molecule has 84 valence electrons. The molecule has 5 heteroatoms. The van der Waals surface area contributed by atoms with Crippen molar-refractivity contribution in [3.05, 3.63) is 0 Å². The highest BCUT2D eigenvalue weighted by atomic mass is 16.5. The number of rotatable bonds is 2. The van der Waals surface area contributed by atoms with E-state index in [9.17, 15) is 15.3 Å². The minimum atomic E-state index is -1.26. The van der Waals surface area contributed by atoms with E-state index in [-0.39, 0.29) is 12.5 Å². The van der Waals surface area contributed by atoms with Gasteiger partial charge in [-0.3, -0.25) is 0 Å². The van der Waals surface area contributed by atoms with E-state index in [1.54, 1.807) is 0 Å². The van der Waals surface area contributed by atoms with Crippen LogP contribution >= 0.6 is 0 Å². The van der Waals surface area contributed by atoms with Gasteiger partial charge in [-0.05, 0) is 5.92 Å². The molecule has 2 unspecified atom stereocenters. The van der Waals surface area contributed by atoms with E-state index in [0.29, 0.717) is 0 Å². The molecular formula is C9H18O5. The highest BCUT2D eigenvalue weighted by molar-refractivity contribution is 4.92. The van der Waals surface area contributed by atoms with Gasteiger partial charge in [0.1, 0.15) is 24.4 Å². The van der Waals surface area contributed by atoms with E-state index in [4.69, 9.17) is 9.84 Å². The van der Waals surface area contributed by atoms with Crippen LogP contribution in [0.15, 0.2) is 0 Å². The Morgan fingerprint density at radius 2 is 1.64 bits per heavy atom. The van der Waals surface area contributed by atoms with Gasteiger partial charge < -0.3 is 25.2 Å². The van der Waals surface area contributed by atoms with Crippen LogP contribution in [-0.2, 0) is 4.74 Å². The highest BCUT2D eigenvalue weighted by Gasteiger charge is 2.44. The molecule has 1 saturated heterocycles. The minimum Gasteiger partial charge on any atom is -0.394 e. The van der Waals surface area contributed by atoms with Crippen LogP contribution in [0.1, 0.15) is 13.8 Å². The summed E-state index contributed by atoms with van der Waals surface area (Å²) in [6.07, 6.45) is -4.96. The monoisotopic (exact) mass is 206 g/mol. The average Bonchev–Trinajstić information content (AvgIpc) is 2.14. The summed E-state index contributed by atoms with van der Waals surface area (Å²) in [7, 11) is 0. The molecule has 0 radical (unpaired) electrons. The number of aliphatic hydroxyl groups is 4. The Hall–Kier alpha value is -0.200. The Labute approximate surface area is 82.9 Å². The fourth-order valence-electron chi connectivity index (χ4n) is 1.68. The first kappa shape index (κ1) is 11.9. The second-order valence-electron chi connectivity index (χ2n) is 4.04. The lowest BCUT2D eigenvalue weighted by molar-refractivity contribution is -0.238. The first-order valence-electron chi connectivity index (χ1n) is 4.79. The molecule has 0 amide bonds. The third kappa shape index (κ3) is 2.07. The number of ether oxygens (including phenoxy) is 1. The maximum Gasteiger partial charge on any atom is 0.111 e. The Bertz CT molecular complexity index is 182. The van der Waals surface area contributed by atoms with Gasteiger partial charge in [0, 0.05) is 0 Å². The maximum absolute atomic E-state index is 9.57. The standard InChI is InChI=1S/C9H18O5/c1-4(2)9-8(13)7(12)6(11)5(3-10)14-9/h4-13H,3H2,1-2H3/t5-,6-,7?,8-,9?/m1/s1. The second kappa shape index (κ2) is 4.55. The molecule has 0 aromatic carbocycles. The van der Waals surface area contributed by atoms with Gasteiger partial charge in [0.25, 0.3) is 0 Å². The molecule has 1 rings (SSSR count). The molecule has 0 aromatic heterocycles. The third-order valence-electron chi connectivity index (χ3n) is 2.59. The smallest absolute Gasteiger partial charge is 0.111 e. The molecule has 5 atom stereocenters. The van der Waals surface area contributed by atoms with Crippen molar-refractivity contribution < 1.29 is 25.2 Å². The van der Waals surface area contributed by atoms with Crippen molar-refractivity contribution in [2.75, 3.05) is 6.61 Å². The molecule has 0 saturated carbocycles. The zero-order valence-electron chi connectivity index (χ0n) is 8.37. The molecule has 14 heavy (non-hydrogen) atoms. The van der Waals surface area contributed by atoms with Crippen LogP contribution in [0.4, 0.5) is 0 Å². The van der Waals surface area contributed by atoms with Crippen molar-refractivity contribution in [3.63, 3.8) is 0 Å². The van der Waals surface area contributed by atoms with Crippen LogP contribution in [0.25, 0.3) is 0 Å². The summed E-state index contributed by atoms with van der Waals surface area (Å²) >= 11 is 0. The third-order valence-corrected chi connectivity index (χ3v) is 2.59. The molecule has 1 aliphatic heterocycles. The van der Waals surface area contributed by atoms with Gasteiger partial charge in [0.2, 0.25) is 0 Å². The molecule has 1 fully saturated rings. The van der Waals surface area contributed by atoms with E-state index in [1.165, 1.54) is 0 Å². The fourth-order valence-corrected chi connectivity index (χ4v) is 1.68. The van der Waals surface area contributed by atoms with E-state index < -0.39 is 30.5 Å². The summed E-state index contributed by atoms with van der Waals surface area (Å²) in [5.41, 5.74) is 0. The molecule has 0 aliphatic carbocycles. The molecule has 5 nitrogen and oxygen atoms in total. The molecule has 0 bridgehead atoms. The van der Waals surface area contributed by atoms with Crippen molar-refractivity contribution in [2.24, 2.45) is 5.92 Å². The molecule has 1 aliphatic rings. The topological polar surface area (TPSA) is 90.2 Å². The maximum atomic E-state index is 9.57. The largest absolute Gasteiger partial charge is 0.394 e. The van der Waals surface area contributed by atoms with Crippen LogP contribution in [0.5, 0.6) is 0 Å². The number of hydrogen-bond donors (Lipinski definition) is 4. The predicted octanol–water partition coefficient (Wildman–Crippen LogP) is -1.52. The quantitative estimate of drug-likeness (QED) is 0.441. The lowest BCUT2D eigenvalue weighted by atomic mass is 9.90. The van der Waals surface area contributed by atoms with E-state index >= 15 is 0 Å². The average molecular weight is 206 g/mol. The summed E-state index contributed by atoms with van der Waals surface area (Å²) in [4.78, 5) is 0.